The first kappa shape index (κ1) is 16.1. The van der Waals surface area contributed by atoms with Gasteiger partial charge in [-0.05, 0) is 25.5 Å². The van der Waals surface area contributed by atoms with E-state index < -0.39 is 0 Å². The van der Waals surface area contributed by atoms with Gasteiger partial charge in [-0.3, -0.25) is 4.79 Å². The van der Waals surface area contributed by atoms with Crippen molar-refractivity contribution >= 4 is 11.6 Å². The Morgan fingerprint density at radius 2 is 2.35 bits per heavy atom. The van der Waals surface area contributed by atoms with Crippen molar-refractivity contribution < 1.29 is 14.3 Å². The highest BCUT2D eigenvalue weighted by molar-refractivity contribution is 5.83. The molecule has 2 heterocycles. The summed E-state index contributed by atoms with van der Waals surface area (Å²) < 4.78 is 10.8. The van der Waals surface area contributed by atoms with Gasteiger partial charge in [0.15, 0.2) is 0 Å². The first-order valence-corrected chi connectivity index (χ1v) is 8.22. The lowest BCUT2D eigenvalue weighted by atomic mass is 10.1. The minimum absolute atomic E-state index is 0.0368. The van der Waals surface area contributed by atoms with Crippen molar-refractivity contribution in [2.75, 3.05) is 38.3 Å². The summed E-state index contributed by atoms with van der Waals surface area (Å²) in [7, 11) is 1.67. The fourth-order valence-electron chi connectivity index (χ4n) is 3.24. The summed E-state index contributed by atoms with van der Waals surface area (Å²) in [5.41, 5.74) is 1.13. The van der Waals surface area contributed by atoms with E-state index in [2.05, 4.69) is 21.6 Å². The molecule has 1 aromatic carbocycles. The molecule has 1 amide bonds. The number of carbonyl (C=O) groups is 1. The number of hydrogen-bond donors (Lipinski definition) is 2. The van der Waals surface area contributed by atoms with Crippen molar-refractivity contribution in [3.8, 4) is 5.75 Å². The predicted molar refractivity (Wildman–Crippen MR) is 89.0 cm³/mol. The van der Waals surface area contributed by atoms with E-state index in [1.54, 1.807) is 7.11 Å². The quantitative estimate of drug-likeness (QED) is 0.858. The van der Waals surface area contributed by atoms with E-state index in [4.69, 9.17) is 9.47 Å². The molecule has 0 saturated carbocycles. The largest absolute Gasteiger partial charge is 0.497 e. The van der Waals surface area contributed by atoms with E-state index in [1.807, 2.05) is 25.1 Å². The molecule has 0 aliphatic carbocycles. The second kappa shape index (κ2) is 7.19. The van der Waals surface area contributed by atoms with Gasteiger partial charge < -0.3 is 25.0 Å². The number of nitrogens with zero attached hydrogens (tertiary/aromatic N) is 1. The molecule has 0 spiro atoms. The zero-order valence-electron chi connectivity index (χ0n) is 13.7. The Labute approximate surface area is 137 Å². The summed E-state index contributed by atoms with van der Waals surface area (Å²) in [6.45, 7) is 5.08. The van der Waals surface area contributed by atoms with Crippen molar-refractivity contribution in [2.45, 2.75) is 31.5 Å². The Hall–Kier alpha value is -1.79. The van der Waals surface area contributed by atoms with E-state index >= 15 is 0 Å². The van der Waals surface area contributed by atoms with Crippen molar-refractivity contribution in [3.63, 3.8) is 0 Å². The first-order valence-electron chi connectivity index (χ1n) is 8.22. The van der Waals surface area contributed by atoms with Gasteiger partial charge in [-0.2, -0.15) is 0 Å². The van der Waals surface area contributed by atoms with Crippen LogP contribution in [0.25, 0.3) is 0 Å². The Morgan fingerprint density at radius 3 is 3.13 bits per heavy atom. The number of ether oxygens (including phenoxy) is 2. The summed E-state index contributed by atoms with van der Waals surface area (Å²) in [4.78, 5) is 14.7. The molecule has 2 N–H and O–H groups in total. The smallest absolute Gasteiger partial charge is 0.240 e. The molecular weight excluding hydrogens is 294 g/mol. The highest BCUT2D eigenvalue weighted by atomic mass is 16.5. The monoisotopic (exact) mass is 319 g/mol. The van der Waals surface area contributed by atoms with Crippen LogP contribution in [-0.2, 0) is 9.53 Å². The number of methoxy groups -OCH3 is 1. The Morgan fingerprint density at radius 1 is 1.48 bits per heavy atom. The van der Waals surface area contributed by atoms with Crippen LogP contribution in [0.15, 0.2) is 24.3 Å². The number of anilines is 1. The Kier molecular flexibility index (Phi) is 5.03. The maximum absolute atomic E-state index is 12.4. The molecule has 6 nitrogen and oxygen atoms in total. The highest BCUT2D eigenvalue weighted by Gasteiger charge is 2.31. The van der Waals surface area contributed by atoms with Gasteiger partial charge in [-0.25, -0.2) is 0 Å². The number of amides is 1. The van der Waals surface area contributed by atoms with Crippen LogP contribution in [-0.4, -0.2) is 57.4 Å². The minimum atomic E-state index is -0.255. The SMILES string of the molecule is COc1cccc(N2CCC(NC(=O)[C@H]3NCCO[C@@H]3C)C2)c1. The maximum Gasteiger partial charge on any atom is 0.240 e. The zero-order chi connectivity index (χ0) is 16.2. The van der Waals surface area contributed by atoms with Gasteiger partial charge in [0.25, 0.3) is 0 Å². The second-order valence-corrected chi connectivity index (χ2v) is 6.15. The third-order valence-corrected chi connectivity index (χ3v) is 4.55. The van der Waals surface area contributed by atoms with Crippen LogP contribution in [0.1, 0.15) is 13.3 Å². The summed E-state index contributed by atoms with van der Waals surface area (Å²) in [5, 5.41) is 6.39. The van der Waals surface area contributed by atoms with Gasteiger partial charge in [0.2, 0.25) is 5.91 Å². The van der Waals surface area contributed by atoms with Crippen LogP contribution < -0.4 is 20.3 Å². The molecule has 0 radical (unpaired) electrons. The van der Waals surface area contributed by atoms with E-state index in [9.17, 15) is 4.79 Å². The second-order valence-electron chi connectivity index (χ2n) is 6.15. The number of rotatable bonds is 4. The number of hydrogen-bond acceptors (Lipinski definition) is 5. The summed E-state index contributed by atoms with van der Waals surface area (Å²) in [6.07, 6.45) is 0.866. The normalized spacial score (nSPS) is 27.7. The predicted octanol–water partition coefficient (Wildman–Crippen LogP) is 0.767. The maximum atomic E-state index is 12.4. The lowest BCUT2D eigenvalue weighted by Crippen LogP contribution is -2.57. The Balaban J connectivity index is 1.56. The van der Waals surface area contributed by atoms with Gasteiger partial charge in [0, 0.05) is 37.4 Å². The van der Waals surface area contributed by atoms with Crippen molar-refractivity contribution in [2.24, 2.45) is 0 Å². The molecule has 1 unspecified atom stereocenters. The third kappa shape index (κ3) is 3.76. The third-order valence-electron chi connectivity index (χ3n) is 4.55. The Bertz CT molecular complexity index is 552. The molecule has 2 aliphatic rings. The van der Waals surface area contributed by atoms with Crippen LogP contribution in [0.4, 0.5) is 5.69 Å². The van der Waals surface area contributed by atoms with Crippen LogP contribution in [0.2, 0.25) is 0 Å². The molecule has 3 atom stereocenters. The molecule has 2 fully saturated rings. The molecular formula is C17H25N3O3. The van der Waals surface area contributed by atoms with Crippen LogP contribution in [0.3, 0.4) is 0 Å². The number of morpholine rings is 1. The van der Waals surface area contributed by atoms with E-state index in [0.717, 1.165) is 37.5 Å². The van der Waals surface area contributed by atoms with Gasteiger partial charge in [0.05, 0.1) is 19.8 Å². The average Bonchev–Trinajstić information content (AvgIpc) is 3.03. The van der Waals surface area contributed by atoms with E-state index in [-0.39, 0.29) is 24.1 Å². The highest BCUT2D eigenvalue weighted by Crippen LogP contribution is 2.24. The average molecular weight is 319 g/mol. The number of benzene rings is 1. The standard InChI is InChI=1S/C17H25N3O3/c1-12-16(18-7-9-23-12)17(21)19-13-6-8-20(11-13)14-4-3-5-15(10-14)22-2/h3-5,10,12-13,16,18H,6-9,11H2,1-2H3,(H,19,21)/t12-,13?,16+/m1/s1. The summed E-state index contributed by atoms with van der Waals surface area (Å²) >= 11 is 0. The molecule has 0 aromatic heterocycles. The molecule has 3 rings (SSSR count). The lowest BCUT2D eigenvalue weighted by Gasteiger charge is -2.30. The molecule has 2 aliphatic heterocycles. The molecule has 23 heavy (non-hydrogen) atoms. The number of carbonyl (C=O) groups excluding carboxylic acids is 1. The molecule has 1 aromatic rings. The molecule has 2 saturated heterocycles. The van der Waals surface area contributed by atoms with Gasteiger partial charge in [-0.15, -0.1) is 0 Å². The van der Waals surface area contributed by atoms with E-state index in [1.165, 1.54) is 0 Å². The first-order chi connectivity index (χ1) is 11.2. The summed E-state index contributed by atoms with van der Waals surface area (Å²) in [6, 6.07) is 7.95. The molecule has 0 bridgehead atoms. The topological polar surface area (TPSA) is 62.8 Å². The van der Waals surface area contributed by atoms with Crippen LogP contribution >= 0.6 is 0 Å². The van der Waals surface area contributed by atoms with Gasteiger partial charge in [0.1, 0.15) is 11.8 Å². The van der Waals surface area contributed by atoms with Gasteiger partial charge in [-0.1, -0.05) is 6.07 Å². The van der Waals surface area contributed by atoms with E-state index in [0.29, 0.717) is 6.61 Å². The number of nitrogens with one attached hydrogen (secondary N) is 2. The minimum Gasteiger partial charge on any atom is -0.497 e. The fraction of sp³-hybridized carbons (Fsp3) is 0.588. The van der Waals surface area contributed by atoms with Crippen LogP contribution in [0.5, 0.6) is 5.75 Å². The summed E-state index contributed by atoms with van der Waals surface area (Å²) in [5.74, 6) is 0.891. The molecule has 6 heteroatoms. The van der Waals surface area contributed by atoms with Crippen molar-refractivity contribution in [1.82, 2.24) is 10.6 Å². The van der Waals surface area contributed by atoms with Crippen LogP contribution in [0, 0.1) is 0 Å². The van der Waals surface area contributed by atoms with Crippen molar-refractivity contribution in [1.29, 1.82) is 0 Å². The zero-order valence-corrected chi connectivity index (χ0v) is 13.7. The molecule has 126 valence electrons. The fourth-order valence-corrected chi connectivity index (χ4v) is 3.24. The van der Waals surface area contributed by atoms with Crippen molar-refractivity contribution in [3.05, 3.63) is 24.3 Å². The lowest BCUT2D eigenvalue weighted by molar-refractivity contribution is -0.129. The van der Waals surface area contributed by atoms with Gasteiger partial charge >= 0.3 is 0 Å².